The Labute approximate surface area is 147 Å². The van der Waals surface area contributed by atoms with Crippen LogP contribution in [0.1, 0.15) is 24.5 Å². The van der Waals surface area contributed by atoms with E-state index in [0.717, 1.165) is 11.1 Å². The van der Waals surface area contributed by atoms with Gasteiger partial charge in [-0.15, -0.1) is 0 Å². The average Bonchev–Trinajstić information content (AvgIpc) is 2.55. The van der Waals surface area contributed by atoms with Crippen LogP contribution in [0.25, 0.3) is 0 Å². The molecule has 0 spiro atoms. The Balaban J connectivity index is 2.04. The summed E-state index contributed by atoms with van der Waals surface area (Å²) in [7, 11) is 0. The molecular formula is C19H21ClO4. The van der Waals surface area contributed by atoms with Crippen LogP contribution >= 0.6 is 11.6 Å². The molecule has 0 fully saturated rings. The van der Waals surface area contributed by atoms with Crippen molar-refractivity contribution < 1.29 is 19.4 Å². The van der Waals surface area contributed by atoms with E-state index in [0.29, 0.717) is 24.0 Å². The molecule has 0 aromatic heterocycles. The summed E-state index contributed by atoms with van der Waals surface area (Å²) in [6.07, 6.45) is -0.635. The maximum Gasteiger partial charge on any atom is 0.308 e. The molecule has 24 heavy (non-hydrogen) atoms. The molecule has 0 aliphatic carbocycles. The number of hydrogen-bond donors (Lipinski definition) is 1. The summed E-state index contributed by atoms with van der Waals surface area (Å²) >= 11 is 6.24. The summed E-state index contributed by atoms with van der Waals surface area (Å²) in [5.41, 5.74) is 1.78. The smallest absolute Gasteiger partial charge is 0.308 e. The van der Waals surface area contributed by atoms with Gasteiger partial charge < -0.3 is 14.6 Å². The highest BCUT2D eigenvalue weighted by Crippen LogP contribution is 2.30. The number of ether oxygens (including phenoxy) is 2. The predicted molar refractivity (Wildman–Crippen MR) is 93.2 cm³/mol. The Hall–Kier alpha value is -2.04. The number of halogens is 1. The van der Waals surface area contributed by atoms with Gasteiger partial charge in [0.05, 0.1) is 24.2 Å². The van der Waals surface area contributed by atoms with Crippen molar-refractivity contribution in [3.8, 4) is 5.75 Å². The van der Waals surface area contributed by atoms with Gasteiger partial charge in [0.2, 0.25) is 0 Å². The Morgan fingerprint density at radius 1 is 1.17 bits per heavy atom. The van der Waals surface area contributed by atoms with Gasteiger partial charge in [-0.25, -0.2) is 0 Å². The van der Waals surface area contributed by atoms with E-state index in [9.17, 15) is 9.90 Å². The first-order valence-electron chi connectivity index (χ1n) is 7.88. The first kappa shape index (κ1) is 18.3. The summed E-state index contributed by atoms with van der Waals surface area (Å²) in [6.45, 7) is 2.41. The third kappa shape index (κ3) is 5.55. The Kier molecular flexibility index (Phi) is 7.09. The summed E-state index contributed by atoms with van der Waals surface area (Å²) < 4.78 is 10.7. The van der Waals surface area contributed by atoms with E-state index in [1.54, 1.807) is 19.1 Å². The topological polar surface area (TPSA) is 55.8 Å². The van der Waals surface area contributed by atoms with Crippen molar-refractivity contribution in [3.05, 3.63) is 64.7 Å². The molecule has 0 amide bonds. The zero-order valence-electron chi connectivity index (χ0n) is 13.6. The number of rotatable bonds is 8. The standard InChI is InChI=1S/C19H21ClO4/c1-2-23-18(22)12-16(21)11-15-9-6-10-17(20)19(15)24-13-14-7-4-3-5-8-14/h3-10,16,21H,2,11-13H2,1H3. The number of esters is 1. The number of carbonyl (C=O) groups is 1. The van der Waals surface area contributed by atoms with Gasteiger partial charge in [0, 0.05) is 6.42 Å². The largest absolute Gasteiger partial charge is 0.487 e. The maximum absolute atomic E-state index is 11.5. The first-order valence-corrected chi connectivity index (χ1v) is 8.25. The van der Waals surface area contributed by atoms with Crippen molar-refractivity contribution in [2.75, 3.05) is 6.61 Å². The van der Waals surface area contributed by atoms with Crippen molar-refractivity contribution in [2.24, 2.45) is 0 Å². The number of aliphatic hydroxyl groups excluding tert-OH is 1. The third-order valence-electron chi connectivity index (χ3n) is 3.44. The van der Waals surface area contributed by atoms with Gasteiger partial charge >= 0.3 is 5.97 Å². The first-order chi connectivity index (χ1) is 11.6. The van der Waals surface area contributed by atoms with E-state index in [1.807, 2.05) is 36.4 Å². The molecule has 0 radical (unpaired) electrons. The van der Waals surface area contributed by atoms with Gasteiger partial charge in [-0.3, -0.25) is 4.79 Å². The fourth-order valence-electron chi connectivity index (χ4n) is 2.34. The van der Waals surface area contributed by atoms with E-state index in [2.05, 4.69) is 0 Å². The lowest BCUT2D eigenvalue weighted by Gasteiger charge is -2.16. The second kappa shape index (κ2) is 9.30. The number of para-hydroxylation sites is 1. The lowest BCUT2D eigenvalue weighted by Crippen LogP contribution is -2.18. The van der Waals surface area contributed by atoms with Crippen LogP contribution in [-0.4, -0.2) is 23.8 Å². The number of benzene rings is 2. The third-order valence-corrected chi connectivity index (χ3v) is 3.74. The van der Waals surface area contributed by atoms with Crippen LogP contribution < -0.4 is 4.74 Å². The van der Waals surface area contributed by atoms with Crippen LogP contribution in [0.15, 0.2) is 48.5 Å². The number of carbonyl (C=O) groups excluding carboxylic acids is 1. The fourth-order valence-corrected chi connectivity index (χ4v) is 2.59. The van der Waals surface area contributed by atoms with E-state index in [4.69, 9.17) is 21.1 Å². The molecule has 1 N–H and O–H groups in total. The second-order valence-electron chi connectivity index (χ2n) is 5.37. The number of hydrogen-bond acceptors (Lipinski definition) is 4. The second-order valence-corrected chi connectivity index (χ2v) is 5.78. The molecule has 0 heterocycles. The molecule has 0 saturated carbocycles. The summed E-state index contributed by atoms with van der Waals surface area (Å²) in [4.78, 5) is 11.5. The fraction of sp³-hybridized carbons (Fsp3) is 0.316. The van der Waals surface area contributed by atoms with Crippen LogP contribution in [0.5, 0.6) is 5.75 Å². The van der Waals surface area contributed by atoms with Gasteiger partial charge in [-0.2, -0.15) is 0 Å². The highest BCUT2D eigenvalue weighted by Gasteiger charge is 2.16. The molecule has 4 nitrogen and oxygen atoms in total. The minimum Gasteiger partial charge on any atom is -0.487 e. The maximum atomic E-state index is 11.5. The van der Waals surface area contributed by atoms with Crippen LogP contribution in [0, 0.1) is 0 Å². The van der Waals surface area contributed by atoms with E-state index < -0.39 is 12.1 Å². The Bertz CT molecular complexity index is 658. The lowest BCUT2D eigenvalue weighted by molar-refractivity contribution is -0.145. The van der Waals surface area contributed by atoms with E-state index in [-0.39, 0.29) is 12.8 Å². The van der Waals surface area contributed by atoms with Crippen molar-refractivity contribution >= 4 is 17.6 Å². The molecule has 0 saturated heterocycles. The van der Waals surface area contributed by atoms with Crippen molar-refractivity contribution in [3.63, 3.8) is 0 Å². The van der Waals surface area contributed by atoms with Crippen LogP contribution in [0.3, 0.4) is 0 Å². The molecular weight excluding hydrogens is 328 g/mol. The zero-order chi connectivity index (χ0) is 17.4. The van der Waals surface area contributed by atoms with Crippen LogP contribution in [0.4, 0.5) is 0 Å². The van der Waals surface area contributed by atoms with E-state index in [1.165, 1.54) is 0 Å². The van der Waals surface area contributed by atoms with Crippen molar-refractivity contribution in [2.45, 2.75) is 32.5 Å². The van der Waals surface area contributed by atoms with Crippen molar-refractivity contribution in [1.29, 1.82) is 0 Å². The molecule has 0 aliphatic rings. The molecule has 5 heteroatoms. The molecule has 2 aromatic rings. The Morgan fingerprint density at radius 2 is 1.92 bits per heavy atom. The Morgan fingerprint density at radius 3 is 2.62 bits per heavy atom. The van der Waals surface area contributed by atoms with Gasteiger partial charge in [0.25, 0.3) is 0 Å². The molecule has 1 unspecified atom stereocenters. The molecule has 2 rings (SSSR count). The molecule has 128 valence electrons. The molecule has 1 atom stereocenters. The minimum atomic E-state index is -0.846. The van der Waals surface area contributed by atoms with E-state index >= 15 is 0 Å². The molecule has 0 aliphatic heterocycles. The quantitative estimate of drug-likeness (QED) is 0.738. The van der Waals surface area contributed by atoms with Gasteiger partial charge in [-0.05, 0) is 24.1 Å². The lowest BCUT2D eigenvalue weighted by atomic mass is 10.0. The SMILES string of the molecule is CCOC(=O)CC(O)Cc1cccc(Cl)c1OCc1ccccc1. The average molecular weight is 349 g/mol. The normalized spacial score (nSPS) is 11.8. The number of aliphatic hydroxyl groups is 1. The van der Waals surface area contributed by atoms with Crippen molar-refractivity contribution in [1.82, 2.24) is 0 Å². The van der Waals surface area contributed by atoms with Crippen LogP contribution in [0.2, 0.25) is 5.02 Å². The zero-order valence-corrected chi connectivity index (χ0v) is 14.3. The summed E-state index contributed by atoms with van der Waals surface area (Å²) in [5, 5.41) is 10.6. The highest BCUT2D eigenvalue weighted by molar-refractivity contribution is 6.32. The van der Waals surface area contributed by atoms with Gasteiger partial charge in [-0.1, -0.05) is 54.1 Å². The summed E-state index contributed by atoms with van der Waals surface area (Å²) in [5.74, 6) is 0.115. The highest BCUT2D eigenvalue weighted by atomic mass is 35.5. The monoisotopic (exact) mass is 348 g/mol. The molecule has 0 bridgehead atoms. The van der Waals surface area contributed by atoms with Gasteiger partial charge in [0.15, 0.2) is 0 Å². The minimum absolute atomic E-state index is 0.0571. The predicted octanol–water partition coefficient (Wildman–Crippen LogP) is 3.78. The van der Waals surface area contributed by atoms with Gasteiger partial charge in [0.1, 0.15) is 12.4 Å². The summed E-state index contributed by atoms with van der Waals surface area (Å²) in [6, 6.07) is 15.1. The molecule has 2 aromatic carbocycles. The van der Waals surface area contributed by atoms with Crippen LogP contribution in [-0.2, 0) is 22.6 Å².